The van der Waals surface area contributed by atoms with Crippen LogP contribution in [0.1, 0.15) is 35.3 Å². The number of carbonyl (C=O) groups excluding carboxylic acids is 1. The second kappa shape index (κ2) is 7.97. The van der Waals surface area contributed by atoms with E-state index in [9.17, 15) is 9.90 Å². The lowest BCUT2D eigenvalue weighted by Crippen LogP contribution is -2.34. The molecular formula is C23H23NO2S. The van der Waals surface area contributed by atoms with Gasteiger partial charge in [0.1, 0.15) is 5.75 Å². The molecule has 0 aliphatic heterocycles. The molecule has 0 radical (unpaired) electrons. The highest BCUT2D eigenvalue weighted by atomic mass is 32.1. The van der Waals surface area contributed by atoms with E-state index in [4.69, 9.17) is 0 Å². The first-order chi connectivity index (χ1) is 13.2. The van der Waals surface area contributed by atoms with Gasteiger partial charge >= 0.3 is 0 Å². The normalized spacial score (nSPS) is 14.5. The maximum atomic E-state index is 12.3. The molecule has 27 heavy (non-hydrogen) atoms. The van der Waals surface area contributed by atoms with Crippen molar-refractivity contribution in [2.45, 2.75) is 32.2 Å². The molecule has 1 heterocycles. The molecule has 1 aromatic heterocycles. The molecule has 0 spiro atoms. The van der Waals surface area contributed by atoms with Gasteiger partial charge in [0.05, 0.1) is 0 Å². The molecule has 138 valence electrons. The van der Waals surface area contributed by atoms with Gasteiger partial charge in [-0.25, -0.2) is 0 Å². The lowest BCUT2D eigenvalue weighted by molar-refractivity contribution is -0.127. The number of phenols is 1. The number of aromatic hydroxyl groups is 1. The Hall–Kier alpha value is -2.59. The SMILES string of the molecule is O=C(NCc1c(CC=Cc2ccccc2)sc2ccc(O)cc12)C1CCC1. The number of allylic oxidation sites excluding steroid dienone is 1. The second-order valence-corrected chi connectivity index (χ2v) is 8.18. The highest BCUT2D eigenvalue weighted by Crippen LogP contribution is 2.34. The molecule has 2 aromatic carbocycles. The van der Waals surface area contributed by atoms with E-state index < -0.39 is 0 Å². The minimum Gasteiger partial charge on any atom is -0.508 e. The summed E-state index contributed by atoms with van der Waals surface area (Å²) in [6.07, 6.45) is 8.26. The van der Waals surface area contributed by atoms with Crippen molar-refractivity contribution in [2.75, 3.05) is 0 Å². The number of hydrogen-bond donors (Lipinski definition) is 2. The molecule has 3 aromatic rings. The largest absolute Gasteiger partial charge is 0.508 e. The topological polar surface area (TPSA) is 49.3 Å². The van der Waals surface area contributed by atoms with E-state index in [1.807, 2.05) is 24.3 Å². The van der Waals surface area contributed by atoms with Crippen molar-refractivity contribution in [3.63, 3.8) is 0 Å². The van der Waals surface area contributed by atoms with Gasteiger partial charge in [0.15, 0.2) is 0 Å². The fraction of sp³-hybridized carbons (Fsp3) is 0.261. The zero-order valence-corrected chi connectivity index (χ0v) is 16.0. The van der Waals surface area contributed by atoms with Crippen LogP contribution in [0.4, 0.5) is 0 Å². The van der Waals surface area contributed by atoms with Crippen molar-refractivity contribution in [3.05, 3.63) is 70.6 Å². The maximum absolute atomic E-state index is 12.3. The van der Waals surface area contributed by atoms with Crippen LogP contribution in [0.5, 0.6) is 5.75 Å². The number of fused-ring (bicyclic) bond motifs is 1. The predicted molar refractivity (Wildman–Crippen MR) is 112 cm³/mol. The van der Waals surface area contributed by atoms with Gasteiger partial charge in [0.25, 0.3) is 0 Å². The molecule has 1 saturated carbocycles. The van der Waals surface area contributed by atoms with Gasteiger partial charge in [-0.2, -0.15) is 0 Å². The molecule has 4 rings (SSSR count). The van der Waals surface area contributed by atoms with Crippen molar-refractivity contribution < 1.29 is 9.90 Å². The van der Waals surface area contributed by atoms with Crippen molar-refractivity contribution in [3.8, 4) is 5.75 Å². The third-order valence-electron chi connectivity index (χ3n) is 5.19. The summed E-state index contributed by atoms with van der Waals surface area (Å²) in [5.74, 6) is 0.606. The van der Waals surface area contributed by atoms with Crippen LogP contribution in [-0.2, 0) is 17.8 Å². The fourth-order valence-electron chi connectivity index (χ4n) is 3.40. The predicted octanol–water partition coefficient (Wildman–Crippen LogP) is 5.28. The maximum Gasteiger partial charge on any atom is 0.223 e. The number of phenolic OH excluding ortho intramolecular Hbond substituents is 1. The number of amides is 1. The highest BCUT2D eigenvalue weighted by molar-refractivity contribution is 7.19. The third kappa shape index (κ3) is 4.06. The second-order valence-electron chi connectivity index (χ2n) is 7.05. The fourth-order valence-corrected chi connectivity index (χ4v) is 4.58. The smallest absolute Gasteiger partial charge is 0.223 e. The summed E-state index contributed by atoms with van der Waals surface area (Å²) in [4.78, 5) is 13.5. The van der Waals surface area contributed by atoms with Crippen LogP contribution >= 0.6 is 11.3 Å². The Kier molecular flexibility index (Phi) is 5.26. The number of rotatable bonds is 6. The van der Waals surface area contributed by atoms with E-state index in [-0.39, 0.29) is 17.6 Å². The van der Waals surface area contributed by atoms with E-state index in [0.29, 0.717) is 6.54 Å². The number of hydrogen-bond acceptors (Lipinski definition) is 3. The number of benzene rings is 2. The monoisotopic (exact) mass is 377 g/mol. The van der Waals surface area contributed by atoms with E-state index >= 15 is 0 Å². The van der Waals surface area contributed by atoms with Crippen molar-refractivity contribution in [1.82, 2.24) is 5.32 Å². The molecule has 0 saturated heterocycles. The first-order valence-electron chi connectivity index (χ1n) is 9.43. The van der Waals surface area contributed by atoms with Crippen LogP contribution in [0, 0.1) is 5.92 Å². The molecule has 0 bridgehead atoms. The summed E-state index contributed by atoms with van der Waals surface area (Å²) in [5, 5.41) is 14.1. The van der Waals surface area contributed by atoms with Crippen molar-refractivity contribution >= 4 is 33.4 Å². The molecule has 4 heteroatoms. The minimum atomic E-state index is 0.159. The van der Waals surface area contributed by atoms with Gasteiger partial charge in [-0.1, -0.05) is 48.9 Å². The Morgan fingerprint density at radius 1 is 1.19 bits per heavy atom. The number of carbonyl (C=O) groups is 1. The van der Waals surface area contributed by atoms with Gasteiger partial charge < -0.3 is 10.4 Å². The first kappa shape index (κ1) is 17.8. The Balaban J connectivity index is 1.56. The Morgan fingerprint density at radius 2 is 2.00 bits per heavy atom. The minimum absolute atomic E-state index is 0.159. The Morgan fingerprint density at radius 3 is 2.74 bits per heavy atom. The molecule has 1 fully saturated rings. The molecule has 0 unspecified atom stereocenters. The Labute approximate surface area is 163 Å². The van der Waals surface area contributed by atoms with Gasteiger partial charge in [0.2, 0.25) is 5.91 Å². The van der Waals surface area contributed by atoms with Gasteiger partial charge in [-0.3, -0.25) is 4.79 Å². The molecule has 3 nitrogen and oxygen atoms in total. The molecule has 2 N–H and O–H groups in total. The molecule has 1 amide bonds. The lowest BCUT2D eigenvalue weighted by atomic mass is 9.85. The summed E-state index contributed by atoms with van der Waals surface area (Å²) in [7, 11) is 0. The van der Waals surface area contributed by atoms with E-state index in [2.05, 4.69) is 29.6 Å². The third-order valence-corrected chi connectivity index (χ3v) is 6.42. The van der Waals surface area contributed by atoms with Gasteiger partial charge in [0, 0.05) is 33.8 Å². The van der Waals surface area contributed by atoms with Crippen LogP contribution in [0.15, 0.2) is 54.6 Å². The first-order valence-corrected chi connectivity index (χ1v) is 10.2. The van der Waals surface area contributed by atoms with Gasteiger partial charge in [-0.05, 0) is 42.2 Å². The van der Waals surface area contributed by atoms with E-state index in [1.54, 1.807) is 23.5 Å². The van der Waals surface area contributed by atoms with E-state index in [0.717, 1.165) is 41.3 Å². The number of thiophene rings is 1. The summed E-state index contributed by atoms with van der Waals surface area (Å²) in [6, 6.07) is 15.7. The molecule has 0 atom stereocenters. The van der Waals surface area contributed by atoms with Crippen LogP contribution in [0.25, 0.3) is 16.2 Å². The van der Waals surface area contributed by atoms with Crippen molar-refractivity contribution in [1.29, 1.82) is 0 Å². The average Bonchev–Trinajstić information content (AvgIpc) is 2.96. The summed E-state index contributed by atoms with van der Waals surface area (Å²) < 4.78 is 1.14. The zero-order valence-electron chi connectivity index (χ0n) is 15.2. The van der Waals surface area contributed by atoms with Crippen LogP contribution in [0.2, 0.25) is 0 Å². The van der Waals surface area contributed by atoms with E-state index in [1.165, 1.54) is 10.4 Å². The molecule has 1 aliphatic rings. The van der Waals surface area contributed by atoms with Crippen LogP contribution in [0.3, 0.4) is 0 Å². The van der Waals surface area contributed by atoms with Crippen molar-refractivity contribution in [2.24, 2.45) is 5.92 Å². The molecule has 1 aliphatic carbocycles. The zero-order chi connectivity index (χ0) is 18.6. The van der Waals surface area contributed by atoms with Crippen LogP contribution < -0.4 is 5.32 Å². The summed E-state index contributed by atoms with van der Waals surface area (Å²) >= 11 is 1.73. The standard InChI is InChI=1S/C23H23NO2S/c25-18-12-13-22-19(14-18)20(15-24-23(26)17-9-5-10-17)21(27-22)11-4-8-16-6-2-1-3-7-16/h1-4,6-8,12-14,17,25H,5,9-11,15H2,(H,24,26). The highest BCUT2D eigenvalue weighted by Gasteiger charge is 2.25. The van der Waals surface area contributed by atoms with Gasteiger partial charge in [-0.15, -0.1) is 11.3 Å². The Bertz CT molecular complexity index is 971. The quantitative estimate of drug-likeness (QED) is 0.614. The summed E-state index contributed by atoms with van der Waals surface area (Å²) in [5.41, 5.74) is 2.30. The number of nitrogens with one attached hydrogen (secondary N) is 1. The summed E-state index contributed by atoms with van der Waals surface area (Å²) in [6.45, 7) is 0.521. The lowest BCUT2D eigenvalue weighted by Gasteiger charge is -2.24. The van der Waals surface area contributed by atoms with Crippen LogP contribution in [-0.4, -0.2) is 11.0 Å². The average molecular weight is 378 g/mol. The molecular weight excluding hydrogens is 354 g/mol.